The van der Waals surface area contributed by atoms with E-state index in [9.17, 15) is 4.79 Å². The SMILES string of the molecule is C[C@@H]1CCN(C(=O)NCCC2(C)OCCO2)C[C@@H]1C. The first-order valence-electron chi connectivity index (χ1n) is 7.31. The molecule has 2 amide bonds. The van der Waals surface area contributed by atoms with Gasteiger partial charge in [-0.2, -0.15) is 0 Å². The van der Waals surface area contributed by atoms with Crippen LogP contribution >= 0.6 is 0 Å². The third-order valence-corrected chi connectivity index (χ3v) is 4.37. The number of carbonyl (C=O) groups is 1. The second-order valence-electron chi connectivity index (χ2n) is 6.00. The zero-order valence-electron chi connectivity index (χ0n) is 12.3. The normalized spacial score (nSPS) is 30.4. The fraction of sp³-hybridized carbons (Fsp3) is 0.929. The molecule has 0 aliphatic carbocycles. The lowest BCUT2D eigenvalue weighted by Crippen LogP contribution is -2.48. The van der Waals surface area contributed by atoms with Crippen molar-refractivity contribution >= 4 is 6.03 Å². The summed E-state index contributed by atoms with van der Waals surface area (Å²) in [5, 5.41) is 2.97. The van der Waals surface area contributed by atoms with Crippen molar-refractivity contribution in [1.82, 2.24) is 10.2 Å². The van der Waals surface area contributed by atoms with E-state index in [0.717, 1.165) is 19.5 Å². The molecule has 0 unspecified atom stereocenters. The van der Waals surface area contributed by atoms with Gasteiger partial charge in [0.05, 0.1) is 13.2 Å². The second-order valence-corrected chi connectivity index (χ2v) is 6.00. The van der Waals surface area contributed by atoms with Gasteiger partial charge >= 0.3 is 6.03 Å². The zero-order chi connectivity index (χ0) is 13.9. The van der Waals surface area contributed by atoms with Crippen LogP contribution in [0.1, 0.15) is 33.6 Å². The van der Waals surface area contributed by atoms with Crippen molar-refractivity contribution in [3.63, 3.8) is 0 Å². The van der Waals surface area contributed by atoms with Crippen LogP contribution in [-0.4, -0.2) is 49.6 Å². The number of nitrogens with zero attached hydrogens (tertiary/aromatic N) is 1. The quantitative estimate of drug-likeness (QED) is 0.851. The monoisotopic (exact) mass is 270 g/mol. The van der Waals surface area contributed by atoms with Gasteiger partial charge in [0, 0.05) is 26.1 Å². The van der Waals surface area contributed by atoms with E-state index in [2.05, 4.69) is 19.2 Å². The Morgan fingerprint density at radius 3 is 2.63 bits per heavy atom. The van der Waals surface area contributed by atoms with Crippen LogP contribution in [0.5, 0.6) is 0 Å². The Morgan fingerprint density at radius 2 is 2.00 bits per heavy atom. The molecule has 2 atom stereocenters. The van der Waals surface area contributed by atoms with Gasteiger partial charge in [-0.15, -0.1) is 0 Å². The first-order valence-corrected chi connectivity index (χ1v) is 7.31. The van der Waals surface area contributed by atoms with Gasteiger partial charge < -0.3 is 19.7 Å². The number of amides is 2. The molecule has 2 fully saturated rings. The molecule has 5 nitrogen and oxygen atoms in total. The molecule has 0 spiro atoms. The maximum absolute atomic E-state index is 12.1. The summed E-state index contributed by atoms with van der Waals surface area (Å²) in [5.74, 6) is 0.776. The summed E-state index contributed by atoms with van der Waals surface area (Å²) in [7, 11) is 0. The first-order chi connectivity index (χ1) is 9.00. The molecule has 2 rings (SSSR count). The van der Waals surface area contributed by atoms with Crippen molar-refractivity contribution in [2.75, 3.05) is 32.8 Å². The number of nitrogens with one attached hydrogen (secondary N) is 1. The number of hydrogen-bond acceptors (Lipinski definition) is 3. The van der Waals surface area contributed by atoms with Crippen LogP contribution in [0.3, 0.4) is 0 Å². The summed E-state index contributed by atoms with van der Waals surface area (Å²) in [6.07, 6.45) is 1.79. The maximum atomic E-state index is 12.1. The highest BCUT2D eigenvalue weighted by molar-refractivity contribution is 5.74. The van der Waals surface area contributed by atoms with E-state index in [1.54, 1.807) is 0 Å². The number of hydrogen-bond donors (Lipinski definition) is 1. The van der Waals surface area contributed by atoms with E-state index < -0.39 is 5.79 Å². The fourth-order valence-corrected chi connectivity index (χ4v) is 2.66. The number of ether oxygens (including phenoxy) is 2. The predicted molar refractivity (Wildman–Crippen MR) is 72.8 cm³/mol. The average Bonchev–Trinajstić information content (AvgIpc) is 2.79. The number of piperidine rings is 1. The summed E-state index contributed by atoms with van der Waals surface area (Å²) in [4.78, 5) is 14.0. The Morgan fingerprint density at radius 1 is 1.32 bits per heavy atom. The molecular weight excluding hydrogens is 244 g/mol. The van der Waals surface area contributed by atoms with E-state index in [1.807, 2.05) is 11.8 Å². The van der Waals surface area contributed by atoms with Crippen LogP contribution < -0.4 is 5.32 Å². The molecule has 0 bridgehead atoms. The molecule has 0 aromatic carbocycles. The predicted octanol–water partition coefficient (Wildman–Crippen LogP) is 1.83. The Hall–Kier alpha value is -0.810. The minimum absolute atomic E-state index is 0.0420. The minimum Gasteiger partial charge on any atom is -0.348 e. The van der Waals surface area contributed by atoms with Crippen molar-refractivity contribution in [3.05, 3.63) is 0 Å². The van der Waals surface area contributed by atoms with Crippen molar-refractivity contribution in [3.8, 4) is 0 Å². The topological polar surface area (TPSA) is 50.8 Å². The van der Waals surface area contributed by atoms with Crippen molar-refractivity contribution in [1.29, 1.82) is 0 Å². The van der Waals surface area contributed by atoms with E-state index in [1.165, 1.54) is 0 Å². The maximum Gasteiger partial charge on any atom is 0.317 e. The highest BCUT2D eigenvalue weighted by Gasteiger charge is 2.31. The molecule has 0 radical (unpaired) electrons. The van der Waals surface area contributed by atoms with Gasteiger partial charge in [-0.05, 0) is 25.2 Å². The van der Waals surface area contributed by atoms with E-state index in [-0.39, 0.29) is 6.03 Å². The van der Waals surface area contributed by atoms with Crippen molar-refractivity contribution in [2.24, 2.45) is 11.8 Å². The molecule has 0 aromatic rings. The fourth-order valence-electron chi connectivity index (χ4n) is 2.66. The Kier molecular flexibility index (Phi) is 4.68. The Balaban J connectivity index is 1.69. The van der Waals surface area contributed by atoms with Gasteiger partial charge in [0.2, 0.25) is 0 Å². The lowest BCUT2D eigenvalue weighted by Gasteiger charge is -2.35. The second kappa shape index (κ2) is 6.09. The minimum atomic E-state index is -0.517. The molecule has 2 aliphatic rings. The molecule has 2 heterocycles. The van der Waals surface area contributed by atoms with Crippen LogP contribution in [0.4, 0.5) is 4.79 Å². The summed E-state index contributed by atoms with van der Waals surface area (Å²) in [5.41, 5.74) is 0. The highest BCUT2D eigenvalue weighted by atomic mass is 16.7. The lowest BCUT2D eigenvalue weighted by atomic mass is 9.89. The van der Waals surface area contributed by atoms with E-state index in [0.29, 0.717) is 38.0 Å². The molecule has 110 valence electrons. The zero-order valence-corrected chi connectivity index (χ0v) is 12.3. The molecule has 0 aromatic heterocycles. The number of carbonyl (C=O) groups excluding carboxylic acids is 1. The molecule has 1 N–H and O–H groups in total. The van der Waals surface area contributed by atoms with Crippen LogP contribution in [0.25, 0.3) is 0 Å². The van der Waals surface area contributed by atoms with Gasteiger partial charge in [0.25, 0.3) is 0 Å². The Bertz CT molecular complexity index is 316. The molecular formula is C14H26N2O3. The van der Waals surface area contributed by atoms with Gasteiger partial charge in [-0.1, -0.05) is 13.8 Å². The summed E-state index contributed by atoms with van der Waals surface area (Å²) in [6.45, 7) is 10.0. The average molecular weight is 270 g/mol. The standard InChI is InChI=1S/C14H26N2O3/c1-11-4-7-16(10-12(11)2)13(17)15-6-5-14(3)18-8-9-19-14/h11-12H,4-10H2,1-3H3,(H,15,17)/t11-,12+/m1/s1. The number of rotatable bonds is 3. The van der Waals surface area contributed by atoms with Gasteiger partial charge in [-0.25, -0.2) is 4.79 Å². The van der Waals surface area contributed by atoms with E-state index >= 15 is 0 Å². The molecule has 5 heteroatoms. The number of urea groups is 1. The van der Waals surface area contributed by atoms with Gasteiger partial charge in [0.15, 0.2) is 5.79 Å². The largest absolute Gasteiger partial charge is 0.348 e. The summed E-state index contributed by atoms with van der Waals surface area (Å²) < 4.78 is 11.0. The summed E-state index contributed by atoms with van der Waals surface area (Å²) in [6, 6.07) is 0.0420. The first kappa shape index (κ1) is 14.6. The van der Waals surface area contributed by atoms with Crippen LogP contribution in [0.15, 0.2) is 0 Å². The highest BCUT2D eigenvalue weighted by Crippen LogP contribution is 2.23. The van der Waals surface area contributed by atoms with Crippen LogP contribution in [-0.2, 0) is 9.47 Å². The van der Waals surface area contributed by atoms with Crippen LogP contribution in [0.2, 0.25) is 0 Å². The van der Waals surface area contributed by atoms with Gasteiger partial charge in [-0.3, -0.25) is 0 Å². The summed E-state index contributed by atoms with van der Waals surface area (Å²) >= 11 is 0. The van der Waals surface area contributed by atoms with Crippen molar-refractivity contribution in [2.45, 2.75) is 39.4 Å². The Labute approximate surface area is 115 Å². The molecule has 19 heavy (non-hydrogen) atoms. The molecule has 0 saturated carbocycles. The number of likely N-dealkylation sites (tertiary alicyclic amines) is 1. The molecule has 2 saturated heterocycles. The van der Waals surface area contributed by atoms with Crippen molar-refractivity contribution < 1.29 is 14.3 Å². The van der Waals surface area contributed by atoms with Crippen LogP contribution in [0, 0.1) is 11.8 Å². The van der Waals surface area contributed by atoms with E-state index in [4.69, 9.17) is 9.47 Å². The molecule has 2 aliphatic heterocycles. The smallest absolute Gasteiger partial charge is 0.317 e. The van der Waals surface area contributed by atoms with Gasteiger partial charge in [0.1, 0.15) is 0 Å². The third-order valence-electron chi connectivity index (χ3n) is 4.37. The third kappa shape index (κ3) is 3.83. The lowest BCUT2D eigenvalue weighted by molar-refractivity contribution is -0.145.